The van der Waals surface area contributed by atoms with Gasteiger partial charge in [-0.3, -0.25) is 0 Å². The van der Waals surface area contributed by atoms with Crippen LogP contribution < -0.4 is 0 Å². The van der Waals surface area contributed by atoms with Crippen molar-refractivity contribution in [3.05, 3.63) is 24.3 Å². The summed E-state index contributed by atoms with van der Waals surface area (Å²) in [5.41, 5.74) is 0. The van der Waals surface area contributed by atoms with Crippen molar-refractivity contribution in [2.75, 3.05) is 0 Å². The van der Waals surface area contributed by atoms with Crippen LogP contribution in [0.1, 0.15) is 26.2 Å². The molecule has 0 aliphatic rings. The summed E-state index contributed by atoms with van der Waals surface area (Å²) in [5.74, 6) is -0.865. The average molecular weight is 154 g/mol. The summed E-state index contributed by atoms with van der Waals surface area (Å²) in [5, 5.41) is 8.22. The highest BCUT2D eigenvalue weighted by molar-refractivity contribution is 5.79. The van der Waals surface area contributed by atoms with Gasteiger partial charge in [0.25, 0.3) is 0 Å². The first-order chi connectivity index (χ1) is 5.27. The van der Waals surface area contributed by atoms with E-state index in [2.05, 4.69) is 6.08 Å². The van der Waals surface area contributed by atoms with Gasteiger partial charge in [-0.1, -0.05) is 18.2 Å². The van der Waals surface area contributed by atoms with Crippen LogP contribution in [0, 0.1) is 0 Å². The molecule has 2 nitrogen and oxygen atoms in total. The molecule has 0 unspecified atom stereocenters. The normalized spacial score (nSPS) is 11.4. The molecule has 2 heteroatoms. The van der Waals surface area contributed by atoms with Crippen LogP contribution >= 0.6 is 0 Å². The molecule has 0 saturated carbocycles. The molecule has 0 fully saturated rings. The topological polar surface area (TPSA) is 37.3 Å². The van der Waals surface area contributed by atoms with Gasteiger partial charge in [0.2, 0.25) is 0 Å². The van der Waals surface area contributed by atoms with E-state index < -0.39 is 5.97 Å². The standard InChI is InChI=1S/C9H14O2/c1-2-3-4-5-6-7-8-9(10)11/h2-3,7-8H,4-6H2,1H3,(H,10,11). The first-order valence-corrected chi connectivity index (χ1v) is 3.78. The van der Waals surface area contributed by atoms with E-state index in [9.17, 15) is 4.79 Å². The summed E-state index contributed by atoms with van der Waals surface area (Å²) in [4.78, 5) is 9.99. The second-order valence-corrected chi connectivity index (χ2v) is 2.24. The largest absolute Gasteiger partial charge is 0.478 e. The first-order valence-electron chi connectivity index (χ1n) is 3.78. The molecule has 0 saturated heterocycles. The lowest BCUT2D eigenvalue weighted by atomic mass is 10.2. The minimum Gasteiger partial charge on any atom is -0.478 e. The molecule has 0 aromatic rings. The molecule has 0 aliphatic heterocycles. The maximum Gasteiger partial charge on any atom is 0.327 e. The number of carboxylic acids is 1. The first kappa shape index (κ1) is 9.95. The van der Waals surface area contributed by atoms with Gasteiger partial charge in [-0.05, 0) is 26.2 Å². The zero-order chi connectivity index (χ0) is 8.53. The number of hydrogen-bond donors (Lipinski definition) is 1. The number of aliphatic carboxylic acids is 1. The van der Waals surface area contributed by atoms with Crippen LogP contribution in [0.5, 0.6) is 0 Å². The van der Waals surface area contributed by atoms with Crippen molar-refractivity contribution in [3.8, 4) is 0 Å². The number of allylic oxidation sites excluding steroid dienone is 3. The van der Waals surface area contributed by atoms with Gasteiger partial charge in [-0.25, -0.2) is 4.79 Å². The van der Waals surface area contributed by atoms with Crippen LogP contribution in [0.3, 0.4) is 0 Å². The molecule has 0 rings (SSSR count). The Morgan fingerprint density at radius 1 is 1.36 bits per heavy atom. The van der Waals surface area contributed by atoms with Crippen LogP contribution in [-0.4, -0.2) is 11.1 Å². The van der Waals surface area contributed by atoms with E-state index >= 15 is 0 Å². The van der Waals surface area contributed by atoms with Crippen molar-refractivity contribution in [1.29, 1.82) is 0 Å². The van der Waals surface area contributed by atoms with E-state index in [1.54, 1.807) is 6.08 Å². The Kier molecular flexibility index (Phi) is 6.39. The smallest absolute Gasteiger partial charge is 0.327 e. The molecular weight excluding hydrogens is 140 g/mol. The van der Waals surface area contributed by atoms with Crippen molar-refractivity contribution in [1.82, 2.24) is 0 Å². The Labute approximate surface area is 67.2 Å². The zero-order valence-corrected chi connectivity index (χ0v) is 6.79. The van der Waals surface area contributed by atoms with Gasteiger partial charge < -0.3 is 5.11 Å². The lowest BCUT2D eigenvalue weighted by Gasteiger charge is -1.87. The maximum atomic E-state index is 9.99. The van der Waals surface area contributed by atoms with E-state index in [-0.39, 0.29) is 0 Å². The Bertz CT molecular complexity index is 157. The molecule has 0 aromatic heterocycles. The molecule has 0 radical (unpaired) electrons. The van der Waals surface area contributed by atoms with Gasteiger partial charge in [0.05, 0.1) is 0 Å². The lowest BCUT2D eigenvalue weighted by molar-refractivity contribution is -0.131. The highest BCUT2D eigenvalue weighted by atomic mass is 16.4. The third kappa shape index (κ3) is 8.95. The molecule has 62 valence electrons. The zero-order valence-electron chi connectivity index (χ0n) is 6.79. The SMILES string of the molecule is CC=CCCCC=CC(=O)O. The fraction of sp³-hybridized carbons (Fsp3) is 0.444. The van der Waals surface area contributed by atoms with Crippen LogP contribution in [0.4, 0.5) is 0 Å². The molecule has 0 aliphatic carbocycles. The minimum absolute atomic E-state index is 0.844. The number of carboxylic acid groups (broad SMARTS) is 1. The Balaban J connectivity index is 3.20. The molecule has 0 aromatic carbocycles. The van der Waals surface area contributed by atoms with Crippen LogP contribution in [0.2, 0.25) is 0 Å². The molecule has 0 amide bonds. The fourth-order valence-corrected chi connectivity index (χ4v) is 0.704. The summed E-state index contributed by atoms with van der Waals surface area (Å²) in [6.45, 7) is 1.98. The van der Waals surface area contributed by atoms with Gasteiger partial charge >= 0.3 is 5.97 Å². The quantitative estimate of drug-likeness (QED) is 0.375. The third-order valence-corrected chi connectivity index (χ3v) is 1.24. The molecule has 11 heavy (non-hydrogen) atoms. The molecule has 0 bridgehead atoms. The highest BCUT2D eigenvalue weighted by Crippen LogP contribution is 1.97. The second kappa shape index (κ2) is 7.06. The molecule has 0 heterocycles. The lowest BCUT2D eigenvalue weighted by Crippen LogP contribution is -1.85. The van der Waals surface area contributed by atoms with Gasteiger partial charge in [0.1, 0.15) is 0 Å². The van der Waals surface area contributed by atoms with Crippen molar-refractivity contribution < 1.29 is 9.90 Å². The fourth-order valence-electron chi connectivity index (χ4n) is 0.704. The maximum absolute atomic E-state index is 9.99. The predicted octanol–water partition coefficient (Wildman–Crippen LogP) is 2.37. The minimum atomic E-state index is -0.865. The summed E-state index contributed by atoms with van der Waals surface area (Å²) in [6.07, 6.45) is 9.85. The van der Waals surface area contributed by atoms with E-state index in [0.29, 0.717) is 0 Å². The Morgan fingerprint density at radius 2 is 2.00 bits per heavy atom. The highest BCUT2D eigenvalue weighted by Gasteiger charge is 1.84. The van der Waals surface area contributed by atoms with Gasteiger partial charge in [0, 0.05) is 6.08 Å². The number of rotatable bonds is 5. The number of carbonyl (C=O) groups is 1. The second-order valence-electron chi connectivity index (χ2n) is 2.24. The van der Waals surface area contributed by atoms with E-state index in [1.165, 1.54) is 6.08 Å². The Morgan fingerprint density at radius 3 is 2.55 bits per heavy atom. The number of hydrogen-bond acceptors (Lipinski definition) is 1. The van der Waals surface area contributed by atoms with E-state index in [1.807, 2.05) is 13.0 Å². The Hall–Kier alpha value is -1.05. The average Bonchev–Trinajstić information content (AvgIpc) is 1.96. The van der Waals surface area contributed by atoms with Crippen molar-refractivity contribution in [2.45, 2.75) is 26.2 Å². The van der Waals surface area contributed by atoms with E-state index in [4.69, 9.17) is 5.11 Å². The summed E-state index contributed by atoms with van der Waals surface area (Å²) in [7, 11) is 0. The van der Waals surface area contributed by atoms with Crippen molar-refractivity contribution in [3.63, 3.8) is 0 Å². The van der Waals surface area contributed by atoms with Gasteiger partial charge in [0.15, 0.2) is 0 Å². The molecule has 1 N–H and O–H groups in total. The van der Waals surface area contributed by atoms with Crippen LogP contribution in [0.15, 0.2) is 24.3 Å². The van der Waals surface area contributed by atoms with Crippen molar-refractivity contribution >= 4 is 5.97 Å². The predicted molar refractivity (Wildman–Crippen MR) is 45.4 cm³/mol. The van der Waals surface area contributed by atoms with E-state index in [0.717, 1.165) is 19.3 Å². The molecule has 0 atom stereocenters. The monoisotopic (exact) mass is 154 g/mol. The van der Waals surface area contributed by atoms with Gasteiger partial charge in [-0.15, -0.1) is 0 Å². The molecule has 0 spiro atoms. The summed E-state index contributed by atoms with van der Waals surface area (Å²) < 4.78 is 0. The molecular formula is C9H14O2. The van der Waals surface area contributed by atoms with Crippen molar-refractivity contribution in [2.24, 2.45) is 0 Å². The van der Waals surface area contributed by atoms with Gasteiger partial charge in [-0.2, -0.15) is 0 Å². The third-order valence-electron chi connectivity index (χ3n) is 1.24. The van der Waals surface area contributed by atoms with Crippen LogP contribution in [-0.2, 0) is 4.79 Å². The number of unbranched alkanes of at least 4 members (excludes halogenated alkanes) is 2. The summed E-state index contributed by atoms with van der Waals surface area (Å²) in [6, 6.07) is 0. The van der Waals surface area contributed by atoms with Crippen LogP contribution in [0.25, 0.3) is 0 Å². The summed E-state index contributed by atoms with van der Waals surface area (Å²) >= 11 is 0.